The third-order valence-electron chi connectivity index (χ3n) is 3.17. The monoisotopic (exact) mass is 179 g/mol. The van der Waals surface area contributed by atoms with Gasteiger partial charge in [0.2, 0.25) is 0 Å². The van der Waals surface area contributed by atoms with Crippen LogP contribution in [-0.4, -0.2) is 12.6 Å². The first-order chi connectivity index (χ1) is 6.17. The zero-order valence-electron chi connectivity index (χ0n) is 8.90. The van der Waals surface area contributed by atoms with Crippen molar-refractivity contribution in [1.29, 1.82) is 0 Å². The van der Waals surface area contributed by atoms with Gasteiger partial charge in [0.1, 0.15) is 0 Å². The van der Waals surface area contributed by atoms with Gasteiger partial charge in [-0.15, -0.1) is 12.3 Å². The summed E-state index contributed by atoms with van der Waals surface area (Å²) in [5, 5.41) is 3.57. The van der Waals surface area contributed by atoms with Crippen LogP contribution in [0.1, 0.15) is 46.0 Å². The summed E-state index contributed by atoms with van der Waals surface area (Å²) in [6, 6.07) is 0.676. The SMILES string of the molecule is C#CCCNC1CCCCC1(C)C. The molecule has 1 heteroatoms. The fourth-order valence-electron chi connectivity index (χ4n) is 2.19. The Morgan fingerprint density at radius 2 is 2.23 bits per heavy atom. The van der Waals surface area contributed by atoms with E-state index in [1.54, 1.807) is 0 Å². The van der Waals surface area contributed by atoms with Crippen LogP contribution in [0.15, 0.2) is 0 Å². The van der Waals surface area contributed by atoms with Crippen molar-refractivity contribution in [3.05, 3.63) is 0 Å². The fraction of sp³-hybridized carbons (Fsp3) is 0.833. The quantitative estimate of drug-likeness (QED) is 0.518. The van der Waals surface area contributed by atoms with Crippen LogP contribution in [0.4, 0.5) is 0 Å². The van der Waals surface area contributed by atoms with E-state index in [9.17, 15) is 0 Å². The Balaban J connectivity index is 2.34. The first-order valence-corrected chi connectivity index (χ1v) is 5.33. The van der Waals surface area contributed by atoms with Crippen molar-refractivity contribution < 1.29 is 0 Å². The fourth-order valence-corrected chi connectivity index (χ4v) is 2.19. The maximum absolute atomic E-state index is 5.22. The van der Waals surface area contributed by atoms with E-state index in [0.29, 0.717) is 11.5 Å². The Kier molecular flexibility index (Phi) is 3.81. The summed E-state index contributed by atoms with van der Waals surface area (Å²) < 4.78 is 0. The third-order valence-corrected chi connectivity index (χ3v) is 3.17. The van der Waals surface area contributed by atoms with Gasteiger partial charge in [-0.05, 0) is 18.3 Å². The summed E-state index contributed by atoms with van der Waals surface area (Å²) in [7, 11) is 0. The van der Waals surface area contributed by atoms with Crippen molar-refractivity contribution >= 4 is 0 Å². The molecule has 0 aliphatic heterocycles. The minimum absolute atomic E-state index is 0.465. The van der Waals surface area contributed by atoms with Gasteiger partial charge in [0.15, 0.2) is 0 Å². The zero-order valence-corrected chi connectivity index (χ0v) is 8.90. The molecule has 1 rings (SSSR count). The van der Waals surface area contributed by atoms with Crippen LogP contribution in [0.5, 0.6) is 0 Å². The van der Waals surface area contributed by atoms with Crippen molar-refractivity contribution in [2.45, 2.75) is 52.0 Å². The average molecular weight is 179 g/mol. The van der Waals surface area contributed by atoms with Crippen molar-refractivity contribution in [3.63, 3.8) is 0 Å². The van der Waals surface area contributed by atoms with Crippen molar-refractivity contribution in [3.8, 4) is 12.3 Å². The number of nitrogens with one attached hydrogen (secondary N) is 1. The standard InChI is InChI=1S/C12H21N/c1-4-5-10-13-11-8-6-7-9-12(11,2)3/h1,11,13H,5-10H2,2-3H3. The minimum Gasteiger partial charge on any atom is -0.313 e. The van der Waals surface area contributed by atoms with Crippen LogP contribution in [0.2, 0.25) is 0 Å². The molecule has 1 unspecified atom stereocenters. The molecular formula is C12H21N. The van der Waals surface area contributed by atoms with Crippen LogP contribution in [0, 0.1) is 17.8 Å². The Morgan fingerprint density at radius 3 is 2.85 bits per heavy atom. The summed E-state index contributed by atoms with van der Waals surface area (Å²) in [5.41, 5.74) is 0.465. The van der Waals surface area contributed by atoms with E-state index in [1.165, 1.54) is 25.7 Å². The van der Waals surface area contributed by atoms with Gasteiger partial charge in [-0.3, -0.25) is 0 Å². The summed E-state index contributed by atoms with van der Waals surface area (Å²) in [4.78, 5) is 0. The second-order valence-corrected chi connectivity index (χ2v) is 4.70. The molecule has 0 aromatic carbocycles. The predicted octanol–water partition coefficient (Wildman–Crippen LogP) is 2.57. The first-order valence-electron chi connectivity index (χ1n) is 5.33. The topological polar surface area (TPSA) is 12.0 Å². The lowest BCUT2D eigenvalue weighted by Crippen LogP contribution is -2.44. The molecule has 0 bridgehead atoms. The summed E-state index contributed by atoms with van der Waals surface area (Å²) in [6.07, 6.45) is 11.5. The number of terminal acetylenes is 1. The number of rotatable bonds is 3. The van der Waals surface area contributed by atoms with E-state index in [1.807, 2.05) is 0 Å². The normalized spacial score (nSPS) is 26.7. The molecule has 0 aromatic rings. The van der Waals surface area contributed by atoms with Crippen molar-refractivity contribution in [1.82, 2.24) is 5.32 Å². The van der Waals surface area contributed by atoms with E-state index in [0.717, 1.165) is 13.0 Å². The maximum Gasteiger partial charge on any atom is 0.0212 e. The smallest absolute Gasteiger partial charge is 0.0212 e. The highest BCUT2D eigenvalue weighted by Gasteiger charge is 2.31. The number of hydrogen-bond donors (Lipinski definition) is 1. The molecular weight excluding hydrogens is 158 g/mol. The molecule has 1 nitrogen and oxygen atoms in total. The highest BCUT2D eigenvalue weighted by atomic mass is 14.9. The van der Waals surface area contributed by atoms with Gasteiger partial charge in [-0.2, -0.15) is 0 Å². The van der Waals surface area contributed by atoms with Gasteiger partial charge in [-0.1, -0.05) is 26.7 Å². The van der Waals surface area contributed by atoms with E-state index >= 15 is 0 Å². The Labute approximate surface area is 82.3 Å². The van der Waals surface area contributed by atoms with Gasteiger partial charge in [0, 0.05) is 19.0 Å². The van der Waals surface area contributed by atoms with E-state index in [4.69, 9.17) is 6.42 Å². The second kappa shape index (κ2) is 4.67. The molecule has 1 N–H and O–H groups in total. The second-order valence-electron chi connectivity index (χ2n) is 4.70. The molecule has 13 heavy (non-hydrogen) atoms. The van der Waals surface area contributed by atoms with Gasteiger partial charge in [0.05, 0.1) is 0 Å². The molecule has 0 spiro atoms. The van der Waals surface area contributed by atoms with Crippen LogP contribution in [0.25, 0.3) is 0 Å². The van der Waals surface area contributed by atoms with Crippen LogP contribution >= 0.6 is 0 Å². The van der Waals surface area contributed by atoms with Gasteiger partial charge < -0.3 is 5.32 Å². The number of hydrogen-bond acceptors (Lipinski definition) is 1. The first kappa shape index (κ1) is 10.6. The summed E-state index contributed by atoms with van der Waals surface area (Å²) >= 11 is 0. The van der Waals surface area contributed by atoms with Gasteiger partial charge >= 0.3 is 0 Å². The molecule has 0 heterocycles. The summed E-state index contributed by atoms with van der Waals surface area (Å²) in [6.45, 7) is 5.70. The van der Waals surface area contributed by atoms with Crippen LogP contribution in [0.3, 0.4) is 0 Å². The van der Waals surface area contributed by atoms with E-state index < -0.39 is 0 Å². The average Bonchev–Trinajstić information content (AvgIpc) is 2.08. The lowest BCUT2D eigenvalue weighted by atomic mass is 9.73. The molecule has 0 radical (unpaired) electrons. The molecule has 74 valence electrons. The minimum atomic E-state index is 0.465. The largest absolute Gasteiger partial charge is 0.313 e. The van der Waals surface area contributed by atoms with Gasteiger partial charge in [0.25, 0.3) is 0 Å². The lowest BCUT2D eigenvalue weighted by Gasteiger charge is -2.39. The molecule has 0 aromatic heterocycles. The predicted molar refractivity (Wildman–Crippen MR) is 57.5 cm³/mol. The molecule has 0 saturated heterocycles. The molecule has 1 aliphatic rings. The van der Waals surface area contributed by atoms with E-state index in [-0.39, 0.29) is 0 Å². The molecule has 0 amide bonds. The van der Waals surface area contributed by atoms with Crippen LogP contribution in [-0.2, 0) is 0 Å². The highest BCUT2D eigenvalue weighted by molar-refractivity contribution is 4.90. The van der Waals surface area contributed by atoms with Crippen molar-refractivity contribution in [2.24, 2.45) is 5.41 Å². The molecule has 1 fully saturated rings. The Bertz CT molecular complexity index is 188. The zero-order chi connectivity index (χ0) is 9.73. The highest BCUT2D eigenvalue weighted by Crippen LogP contribution is 2.35. The van der Waals surface area contributed by atoms with Crippen LogP contribution < -0.4 is 5.32 Å². The lowest BCUT2D eigenvalue weighted by molar-refractivity contribution is 0.169. The summed E-state index contributed by atoms with van der Waals surface area (Å²) in [5.74, 6) is 2.67. The molecule has 1 saturated carbocycles. The maximum atomic E-state index is 5.22. The third kappa shape index (κ3) is 3.04. The van der Waals surface area contributed by atoms with Crippen molar-refractivity contribution in [2.75, 3.05) is 6.54 Å². The molecule has 1 atom stereocenters. The Morgan fingerprint density at radius 1 is 1.46 bits per heavy atom. The molecule has 1 aliphatic carbocycles. The van der Waals surface area contributed by atoms with E-state index in [2.05, 4.69) is 25.1 Å². The Hall–Kier alpha value is -0.480. The van der Waals surface area contributed by atoms with Gasteiger partial charge in [-0.25, -0.2) is 0 Å².